The third-order valence-electron chi connectivity index (χ3n) is 5.42. The van der Waals surface area contributed by atoms with Gasteiger partial charge in [0.25, 0.3) is 0 Å². The number of benzene rings is 1. The summed E-state index contributed by atoms with van der Waals surface area (Å²) in [7, 11) is 0. The van der Waals surface area contributed by atoms with E-state index in [1.165, 1.54) is 0 Å². The first kappa shape index (κ1) is 17.5. The van der Waals surface area contributed by atoms with Gasteiger partial charge in [-0.1, -0.05) is 18.2 Å². The minimum absolute atomic E-state index is 0.743. The Kier molecular flexibility index (Phi) is 3.86. The van der Waals surface area contributed by atoms with Crippen LogP contribution in [-0.4, -0.2) is 19.9 Å². The van der Waals surface area contributed by atoms with Crippen LogP contribution < -0.4 is 5.73 Å². The van der Waals surface area contributed by atoms with E-state index in [0.717, 1.165) is 61.7 Å². The van der Waals surface area contributed by atoms with Gasteiger partial charge in [0.05, 0.1) is 22.8 Å². The summed E-state index contributed by atoms with van der Waals surface area (Å²) in [6, 6.07) is 22.3. The van der Waals surface area contributed by atoms with Gasteiger partial charge < -0.3 is 15.7 Å². The number of aromatic amines is 2. The number of hydrogen-bond donors (Lipinski definition) is 3. The summed E-state index contributed by atoms with van der Waals surface area (Å²) in [6.45, 7) is 0. The Labute approximate surface area is 178 Å². The molecule has 0 atom stereocenters. The highest BCUT2D eigenvalue weighted by atomic mass is 14.8. The van der Waals surface area contributed by atoms with E-state index >= 15 is 0 Å². The zero-order valence-electron chi connectivity index (χ0n) is 16.6. The zero-order chi connectivity index (χ0) is 20.8. The summed E-state index contributed by atoms with van der Waals surface area (Å²) in [5, 5.41) is 0. The van der Waals surface area contributed by atoms with E-state index in [-0.39, 0.29) is 0 Å². The summed E-state index contributed by atoms with van der Waals surface area (Å²) in [4.78, 5) is 16.4. The van der Waals surface area contributed by atoms with Gasteiger partial charge in [-0.3, -0.25) is 0 Å². The molecule has 148 valence electrons. The van der Waals surface area contributed by atoms with Gasteiger partial charge in [-0.15, -0.1) is 0 Å². The van der Waals surface area contributed by atoms with Crippen LogP contribution >= 0.6 is 0 Å². The molecule has 0 radical (unpaired) electrons. The first-order valence-corrected chi connectivity index (χ1v) is 10.1. The number of fused-ring (bicyclic) bond motifs is 8. The Balaban J connectivity index is 1.69. The molecule has 3 aromatic heterocycles. The van der Waals surface area contributed by atoms with Gasteiger partial charge in [0, 0.05) is 38.9 Å². The lowest BCUT2D eigenvalue weighted by Gasteiger charge is -2.03. The second-order valence-electron chi connectivity index (χ2n) is 7.68. The van der Waals surface area contributed by atoms with Gasteiger partial charge in [-0.2, -0.15) is 0 Å². The molecule has 0 saturated heterocycles. The number of nitrogens with two attached hydrogens (primary N) is 1. The number of hydrogen-bond acceptors (Lipinski definition) is 3. The Bertz CT molecular complexity index is 1550. The van der Waals surface area contributed by atoms with Gasteiger partial charge in [0.15, 0.2) is 0 Å². The van der Waals surface area contributed by atoms with E-state index in [0.29, 0.717) is 0 Å². The van der Waals surface area contributed by atoms with Crippen LogP contribution in [0, 0.1) is 0 Å². The van der Waals surface area contributed by atoms with E-state index in [1.807, 2.05) is 60.7 Å². The van der Waals surface area contributed by atoms with Crippen molar-refractivity contribution in [2.75, 3.05) is 5.73 Å². The summed E-state index contributed by atoms with van der Waals surface area (Å²) in [5.41, 5.74) is 16.6. The van der Waals surface area contributed by atoms with Crippen molar-refractivity contribution < 1.29 is 0 Å². The number of para-hydroxylation sites is 1. The van der Waals surface area contributed by atoms with E-state index in [4.69, 9.17) is 10.7 Å². The summed E-state index contributed by atoms with van der Waals surface area (Å²) >= 11 is 0. The Hall–Kier alpha value is -4.38. The number of rotatable bonds is 1. The van der Waals surface area contributed by atoms with Crippen LogP contribution in [0.3, 0.4) is 0 Å². The SMILES string of the molecule is Nc1ccccc1-c1cc2cc3ccc(cc4nc(cc5nc(cc1[nH]2)C=C5)C=C4)[nH]3. The van der Waals surface area contributed by atoms with E-state index < -0.39 is 0 Å². The number of aromatic nitrogens is 4. The first-order chi connectivity index (χ1) is 15.2. The summed E-state index contributed by atoms with van der Waals surface area (Å²) in [6.07, 6.45) is 8.03. The van der Waals surface area contributed by atoms with Gasteiger partial charge in [-0.05, 0) is 72.8 Å². The van der Waals surface area contributed by atoms with Gasteiger partial charge in [-0.25, -0.2) is 9.97 Å². The van der Waals surface area contributed by atoms with Crippen molar-refractivity contribution >= 4 is 52.1 Å². The molecule has 2 aliphatic heterocycles. The van der Waals surface area contributed by atoms with Crippen molar-refractivity contribution in [1.82, 2.24) is 19.9 Å². The quantitative estimate of drug-likeness (QED) is 0.300. The van der Waals surface area contributed by atoms with Crippen LogP contribution in [0.15, 0.2) is 66.7 Å². The maximum absolute atomic E-state index is 6.29. The molecule has 0 spiro atoms. The monoisotopic (exact) mass is 401 g/mol. The molecule has 5 nitrogen and oxygen atoms in total. The lowest BCUT2D eigenvalue weighted by Crippen LogP contribution is -1.88. The molecule has 5 heterocycles. The average Bonchev–Trinajstić information content (AvgIpc) is 3.53. The number of H-pyrrole nitrogens is 2. The third-order valence-corrected chi connectivity index (χ3v) is 5.42. The Morgan fingerprint density at radius 3 is 1.94 bits per heavy atom. The van der Waals surface area contributed by atoms with Crippen LogP contribution in [0.4, 0.5) is 5.69 Å². The second kappa shape index (κ2) is 6.85. The minimum Gasteiger partial charge on any atom is -0.398 e. The molecular formula is C26H19N5. The van der Waals surface area contributed by atoms with Gasteiger partial charge in [0.1, 0.15) is 0 Å². The molecule has 6 rings (SSSR count). The van der Waals surface area contributed by atoms with Crippen LogP contribution in [0.2, 0.25) is 0 Å². The van der Waals surface area contributed by atoms with E-state index in [9.17, 15) is 0 Å². The fourth-order valence-electron chi connectivity index (χ4n) is 3.98. The van der Waals surface area contributed by atoms with Crippen molar-refractivity contribution in [2.24, 2.45) is 0 Å². The molecule has 8 bridgehead atoms. The minimum atomic E-state index is 0.743. The predicted molar refractivity (Wildman–Crippen MR) is 129 cm³/mol. The molecular weight excluding hydrogens is 382 g/mol. The van der Waals surface area contributed by atoms with Crippen molar-refractivity contribution in [2.45, 2.75) is 0 Å². The maximum Gasteiger partial charge on any atom is 0.0659 e. The lowest BCUT2D eigenvalue weighted by molar-refractivity contribution is 1.28. The topological polar surface area (TPSA) is 83.4 Å². The standard InChI is InChI=1S/C26H19N5/c27-25-4-2-1-3-23(25)24-14-22-13-20-8-7-18(29-20)11-16-5-6-17(28-16)12-19-9-10-21(30-19)15-26(24)31-22/h1-15,29,31H,27H2. The van der Waals surface area contributed by atoms with Crippen molar-refractivity contribution in [1.29, 1.82) is 0 Å². The molecule has 31 heavy (non-hydrogen) atoms. The molecule has 4 N–H and O–H groups in total. The van der Waals surface area contributed by atoms with E-state index in [1.54, 1.807) is 0 Å². The number of nitrogen functional groups attached to an aromatic ring is 1. The molecule has 0 aliphatic carbocycles. The van der Waals surface area contributed by atoms with Crippen molar-refractivity contribution in [3.8, 4) is 11.1 Å². The zero-order valence-corrected chi connectivity index (χ0v) is 16.6. The largest absolute Gasteiger partial charge is 0.398 e. The highest BCUT2D eigenvalue weighted by Crippen LogP contribution is 2.31. The Morgan fingerprint density at radius 2 is 1.19 bits per heavy atom. The Morgan fingerprint density at radius 1 is 0.548 bits per heavy atom. The molecule has 4 aromatic rings. The van der Waals surface area contributed by atoms with Crippen LogP contribution in [-0.2, 0) is 0 Å². The average molecular weight is 401 g/mol. The number of anilines is 1. The number of nitrogens with one attached hydrogen (secondary N) is 2. The van der Waals surface area contributed by atoms with E-state index in [2.05, 4.69) is 45.3 Å². The molecule has 0 unspecified atom stereocenters. The molecule has 5 heteroatoms. The molecule has 0 saturated carbocycles. The summed E-state index contributed by atoms with van der Waals surface area (Å²) in [5.74, 6) is 0. The normalized spacial score (nSPS) is 12.4. The van der Waals surface area contributed by atoms with Gasteiger partial charge in [0.2, 0.25) is 0 Å². The smallest absolute Gasteiger partial charge is 0.0659 e. The van der Waals surface area contributed by atoms with Crippen LogP contribution in [0.5, 0.6) is 0 Å². The maximum atomic E-state index is 6.29. The fourth-order valence-corrected chi connectivity index (χ4v) is 3.98. The highest BCUT2D eigenvalue weighted by molar-refractivity contribution is 5.92. The lowest BCUT2D eigenvalue weighted by atomic mass is 10.0. The summed E-state index contributed by atoms with van der Waals surface area (Å²) < 4.78 is 0. The predicted octanol–water partition coefficient (Wildman–Crippen LogP) is 5.90. The first-order valence-electron chi connectivity index (χ1n) is 10.1. The van der Waals surface area contributed by atoms with Crippen LogP contribution in [0.1, 0.15) is 22.8 Å². The fraction of sp³-hybridized carbons (Fsp3) is 0. The van der Waals surface area contributed by atoms with Crippen molar-refractivity contribution in [3.05, 3.63) is 89.5 Å². The molecule has 0 amide bonds. The van der Waals surface area contributed by atoms with Crippen LogP contribution in [0.25, 0.3) is 57.5 Å². The molecule has 1 aromatic carbocycles. The second-order valence-corrected chi connectivity index (χ2v) is 7.68. The van der Waals surface area contributed by atoms with Gasteiger partial charge >= 0.3 is 0 Å². The number of nitrogens with zero attached hydrogens (tertiary/aromatic N) is 2. The highest BCUT2D eigenvalue weighted by Gasteiger charge is 2.09. The third kappa shape index (κ3) is 3.32. The molecule has 0 fully saturated rings. The molecule has 2 aliphatic rings. The van der Waals surface area contributed by atoms with Crippen molar-refractivity contribution in [3.63, 3.8) is 0 Å².